The van der Waals surface area contributed by atoms with Gasteiger partial charge < -0.3 is 10.8 Å². The number of allylic oxidation sites excluding steroid dienone is 1. The second-order valence-electron chi connectivity index (χ2n) is 8.45. The molecule has 154 valence electrons. The van der Waals surface area contributed by atoms with E-state index in [9.17, 15) is 14.7 Å². The molecule has 3 aliphatic rings. The van der Waals surface area contributed by atoms with E-state index in [4.69, 9.17) is 5.73 Å². The molecule has 0 aromatic carbocycles. The Labute approximate surface area is 170 Å². The summed E-state index contributed by atoms with van der Waals surface area (Å²) < 4.78 is 17.1. The summed E-state index contributed by atoms with van der Waals surface area (Å²) in [5, 5.41) is 9.72. The lowest BCUT2D eigenvalue weighted by Crippen LogP contribution is -2.39. The largest absolute Gasteiger partial charge is 0.396 e. The van der Waals surface area contributed by atoms with Gasteiger partial charge in [0.2, 0.25) is 0 Å². The van der Waals surface area contributed by atoms with Crippen LogP contribution in [0, 0.1) is 0 Å². The van der Waals surface area contributed by atoms with Crippen LogP contribution in [0.2, 0.25) is 0 Å². The quantitative estimate of drug-likeness (QED) is 0.715. The molecule has 6 nitrogen and oxygen atoms in total. The number of aromatic amines is 1. The number of fused-ring (bicyclic) bond motifs is 2. The molecule has 3 aliphatic carbocycles. The SMILES string of the molecule is CC1c2c(c(=O)[nH]c(=O)n2C2CC2)C(N)=C(F)C1c1cc2c(s1)CCCC2CO. The predicted octanol–water partition coefficient (Wildman–Crippen LogP) is 2.84. The topological polar surface area (TPSA) is 101 Å². The number of thiophene rings is 1. The first-order chi connectivity index (χ1) is 13.9. The van der Waals surface area contributed by atoms with E-state index in [0.717, 1.165) is 42.5 Å². The van der Waals surface area contributed by atoms with Gasteiger partial charge in [0.25, 0.3) is 5.56 Å². The number of rotatable bonds is 3. The Morgan fingerprint density at radius 1 is 1.34 bits per heavy atom. The first-order valence-electron chi connectivity index (χ1n) is 10.2. The average Bonchev–Trinajstić information content (AvgIpc) is 3.43. The van der Waals surface area contributed by atoms with E-state index in [1.807, 2.05) is 13.0 Å². The summed E-state index contributed by atoms with van der Waals surface area (Å²) in [6.07, 6.45) is 4.61. The van der Waals surface area contributed by atoms with E-state index < -0.39 is 23.0 Å². The molecular formula is C21H24FN3O3S. The zero-order chi connectivity index (χ0) is 20.4. The summed E-state index contributed by atoms with van der Waals surface area (Å²) in [5.74, 6) is -1.42. The van der Waals surface area contributed by atoms with Gasteiger partial charge in [-0.1, -0.05) is 6.92 Å². The van der Waals surface area contributed by atoms with Gasteiger partial charge in [-0.25, -0.2) is 9.18 Å². The molecule has 3 atom stereocenters. The van der Waals surface area contributed by atoms with E-state index >= 15 is 4.39 Å². The predicted molar refractivity (Wildman–Crippen MR) is 110 cm³/mol. The monoisotopic (exact) mass is 417 g/mol. The molecule has 5 rings (SSSR count). The number of aliphatic hydroxyl groups is 1. The zero-order valence-electron chi connectivity index (χ0n) is 16.2. The van der Waals surface area contributed by atoms with Crippen molar-refractivity contribution in [2.45, 2.75) is 62.8 Å². The number of hydrogen-bond acceptors (Lipinski definition) is 5. The van der Waals surface area contributed by atoms with Crippen LogP contribution in [0.4, 0.5) is 4.39 Å². The van der Waals surface area contributed by atoms with Gasteiger partial charge in [-0.15, -0.1) is 11.3 Å². The van der Waals surface area contributed by atoms with Gasteiger partial charge in [0.1, 0.15) is 5.83 Å². The van der Waals surface area contributed by atoms with Crippen molar-refractivity contribution in [3.63, 3.8) is 0 Å². The Hall–Kier alpha value is -2.19. The Morgan fingerprint density at radius 2 is 2.10 bits per heavy atom. The summed E-state index contributed by atoms with van der Waals surface area (Å²) in [7, 11) is 0. The number of halogens is 1. The van der Waals surface area contributed by atoms with Crippen LogP contribution in [0.25, 0.3) is 5.70 Å². The third-order valence-electron chi connectivity index (χ3n) is 6.61. The molecule has 0 amide bonds. The molecule has 3 unspecified atom stereocenters. The summed E-state index contributed by atoms with van der Waals surface area (Å²) >= 11 is 1.57. The number of H-pyrrole nitrogens is 1. The van der Waals surface area contributed by atoms with Gasteiger partial charge in [0.05, 0.1) is 17.2 Å². The van der Waals surface area contributed by atoms with Crippen LogP contribution in [0.1, 0.15) is 83.0 Å². The Morgan fingerprint density at radius 3 is 2.79 bits per heavy atom. The zero-order valence-corrected chi connectivity index (χ0v) is 17.0. The molecule has 0 aliphatic heterocycles. The van der Waals surface area contributed by atoms with E-state index in [0.29, 0.717) is 5.69 Å². The van der Waals surface area contributed by atoms with Crippen LogP contribution in [-0.2, 0) is 6.42 Å². The maximum absolute atomic E-state index is 15.5. The van der Waals surface area contributed by atoms with Crippen molar-refractivity contribution in [1.29, 1.82) is 0 Å². The van der Waals surface area contributed by atoms with Gasteiger partial charge in [-0.3, -0.25) is 14.3 Å². The lowest BCUT2D eigenvalue weighted by molar-refractivity contribution is 0.253. The van der Waals surface area contributed by atoms with Gasteiger partial charge in [0, 0.05) is 39.9 Å². The van der Waals surface area contributed by atoms with E-state index in [1.165, 1.54) is 4.88 Å². The normalized spacial score (nSPS) is 26.4. The maximum Gasteiger partial charge on any atom is 0.328 e. The molecular weight excluding hydrogens is 393 g/mol. The molecule has 2 aromatic heterocycles. The highest BCUT2D eigenvalue weighted by Crippen LogP contribution is 2.51. The second-order valence-corrected chi connectivity index (χ2v) is 9.62. The molecule has 2 aromatic rings. The first-order valence-corrected chi connectivity index (χ1v) is 11.0. The summed E-state index contributed by atoms with van der Waals surface area (Å²) in [4.78, 5) is 29.4. The average molecular weight is 418 g/mol. The molecule has 0 spiro atoms. The highest BCUT2D eigenvalue weighted by atomic mass is 32.1. The minimum atomic E-state index is -0.622. The number of nitrogens with zero attached hydrogens (tertiary/aromatic N) is 1. The number of aromatic nitrogens is 2. The maximum atomic E-state index is 15.5. The van der Waals surface area contributed by atoms with Crippen molar-refractivity contribution in [3.05, 3.63) is 59.3 Å². The molecule has 0 saturated heterocycles. The molecule has 4 N–H and O–H groups in total. The number of hydrogen-bond donors (Lipinski definition) is 3. The fraction of sp³-hybridized carbons (Fsp3) is 0.524. The molecule has 1 saturated carbocycles. The van der Waals surface area contributed by atoms with Crippen LogP contribution in [0.15, 0.2) is 21.5 Å². The van der Waals surface area contributed by atoms with E-state index in [1.54, 1.807) is 15.9 Å². The second kappa shape index (κ2) is 6.67. The molecule has 29 heavy (non-hydrogen) atoms. The Balaban J connectivity index is 1.69. The fourth-order valence-corrected chi connectivity index (χ4v) is 6.51. The minimum Gasteiger partial charge on any atom is -0.396 e. The highest BCUT2D eigenvalue weighted by Gasteiger charge is 2.41. The van der Waals surface area contributed by atoms with Crippen molar-refractivity contribution >= 4 is 17.0 Å². The molecule has 1 fully saturated rings. The van der Waals surface area contributed by atoms with Crippen LogP contribution in [0.3, 0.4) is 0 Å². The van der Waals surface area contributed by atoms with Crippen LogP contribution in [0.5, 0.6) is 0 Å². The smallest absolute Gasteiger partial charge is 0.328 e. The van der Waals surface area contributed by atoms with Crippen LogP contribution >= 0.6 is 11.3 Å². The first kappa shape index (κ1) is 18.8. The third kappa shape index (κ3) is 2.76. The lowest BCUT2D eigenvalue weighted by atomic mass is 9.79. The van der Waals surface area contributed by atoms with Crippen molar-refractivity contribution in [2.24, 2.45) is 5.73 Å². The van der Waals surface area contributed by atoms with Crippen molar-refractivity contribution in [3.8, 4) is 0 Å². The molecule has 0 radical (unpaired) electrons. The van der Waals surface area contributed by atoms with Crippen molar-refractivity contribution in [2.75, 3.05) is 6.61 Å². The third-order valence-corrected chi connectivity index (χ3v) is 7.90. The van der Waals surface area contributed by atoms with E-state index in [-0.39, 0.29) is 35.7 Å². The molecule has 2 heterocycles. The van der Waals surface area contributed by atoms with Crippen molar-refractivity contribution < 1.29 is 9.50 Å². The lowest BCUT2D eigenvalue weighted by Gasteiger charge is -2.31. The minimum absolute atomic E-state index is 0.0421. The highest BCUT2D eigenvalue weighted by molar-refractivity contribution is 7.12. The number of aryl methyl sites for hydroxylation is 1. The van der Waals surface area contributed by atoms with Gasteiger partial charge in [-0.2, -0.15) is 0 Å². The molecule has 0 bridgehead atoms. The van der Waals surface area contributed by atoms with Crippen LogP contribution in [-0.4, -0.2) is 21.3 Å². The van der Waals surface area contributed by atoms with Gasteiger partial charge >= 0.3 is 5.69 Å². The van der Waals surface area contributed by atoms with Gasteiger partial charge in [-0.05, 0) is 43.7 Å². The Kier molecular flexibility index (Phi) is 4.33. The summed E-state index contributed by atoms with van der Waals surface area (Å²) in [6.45, 7) is 1.96. The van der Waals surface area contributed by atoms with E-state index in [2.05, 4.69) is 4.98 Å². The van der Waals surface area contributed by atoms with Gasteiger partial charge in [0.15, 0.2) is 0 Å². The number of aliphatic hydroxyl groups excluding tert-OH is 1. The fourth-order valence-electron chi connectivity index (χ4n) is 5.02. The molecule has 8 heteroatoms. The summed E-state index contributed by atoms with van der Waals surface area (Å²) in [6, 6.07) is 2.05. The number of nitrogens with one attached hydrogen (secondary N) is 1. The van der Waals surface area contributed by atoms with Crippen molar-refractivity contribution in [1.82, 2.24) is 9.55 Å². The standard InChI is InChI=1S/C21H24FN3O3S/c1-9-15(14-7-12-10(8-26)3-2-4-13(12)29-14)17(22)18(23)16-19(9)25(11-5-6-11)21(28)24-20(16)27/h7,9-11,15,26H,2-6,8,23H2,1H3,(H,24,27,28). The Bertz CT molecular complexity index is 1140. The number of nitrogens with two attached hydrogens (primary N) is 1. The summed E-state index contributed by atoms with van der Waals surface area (Å²) in [5.41, 5.74) is 6.67. The van der Waals surface area contributed by atoms with Crippen LogP contribution < -0.4 is 17.0 Å².